The van der Waals surface area contributed by atoms with Gasteiger partial charge in [0.05, 0.1) is 4.92 Å². The molecule has 0 bridgehead atoms. The van der Waals surface area contributed by atoms with E-state index in [2.05, 4.69) is 79.9 Å². The first-order valence-electron chi connectivity index (χ1n) is 11.4. The topological polar surface area (TPSA) is 96.1 Å². The largest absolute Gasteiger partial charge is 0.672 e. The Hall–Kier alpha value is -1.17. The average molecular weight is 545 g/mol. The maximum Gasteiger partial charge on any atom is 0.269 e. The van der Waals surface area contributed by atoms with Crippen molar-refractivity contribution in [2.24, 2.45) is 6.99 Å². The van der Waals surface area contributed by atoms with E-state index in [-0.39, 0.29) is 35.0 Å². The van der Waals surface area contributed by atoms with Gasteiger partial charge in [-0.3, -0.25) is 10.1 Å². The van der Waals surface area contributed by atoms with Crippen LogP contribution in [0.15, 0.2) is 31.3 Å². The summed E-state index contributed by atoms with van der Waals surface area (Å²) in [5.74, 6) is 1.42. The van der Waals surface area contributed by atoms with E-state index in [1.807, 2.05) is 27.7 Å². The second-order valence-electron chi connectivity index (χ2n) is 10.8. The molecule has 0 N–H and O–H groups in total. The Kier molecular flexibility index (Phi) is 17.0. The monoisotopic (exact) mass is 546 g/mol. The third-order valence-corrected chi connectivity index (χ3v) is 6.00. The third-order valence-electron chi connectivity index (χ3n) is 2.91. The van der Waals surface area contributed by atoms with Gasteiger partial charge in [-0.25, -0.2) is 6.17 Å². The van der Waals surface area contributed by atoms with Crippen molar-refractivity contribution in [2.75, 3.05) is 0 Å². The Morgan fingerprint density at radius 2 is 1.18 bits per heavy atom. The summed E-state index contributed by atoms with van der Waals surface area (Å²) in [5, 5.41) is 19.6. The van der Waals surface area contributed by atoms with Crippen LogP contribution in [0.2, 0.25) is 0 Å². The smallest absolute Gasteiger partial charge is 0.269 e. The normalized spacial score (nSPS) is 11.5. The van der Waals surface area contributed by atoms with Crippen LogP contribution in [0.4, 0.5) is 5.69 Å². The van der Waals surface area contributed by atoms with E-state index in [1.165, 1.54) is 18.1 Å². The molecule has 0 radical (unpaired) electrons. The molecule has 7 nitrogen and oxygen atoms in total. The number of nitrogens with zero attached hydrogens (tertiary/aromatic N) is 5. The summed E-state index contributed by atoms with van der Waals surface area (Å²) in [5.41, 5.74) is 1.20. The first-order chi connectivity index (χ1) is 14.8. The SMILES string of the molecule is CC(C)(C)[N]=[Mo]=[N]C(C)(C)C.CC(C)[N-]C([N-]C(C)C)c1ccc([N+](=O)[O-])cc1.C[C-](C)C. The van der Waals surface area contributed by atoms with Gasteiger partial charge in [0.15, 0.2) is 0 Å². The molecule has 8 heteroatoms. The number of nitro groups is 1. The van der Waals surface area contributed by atoms with Gasteiger partial charge in [0.25, 0.3) is 5.69 Å². The zero-order valence-electron chi connectivity index (χ0n) is 23.0. The van der Waals surface area contributed by atoms with Crippen molar-refractivity contribution in [3.8, 4) is 0 Å². The van der Waals surface area contributed by atoms with Gasteiger partial charge < -0.3 is 16.6 Å². The minimum Gasteiger partial charge on any atom is -0.672 e. The third kappa shape index (κ3) is 23.8. The van der Waals surface area contributed by atoms with E-state index in [4.69, 9.17) is 0 Å². The second-order valence-corrected chi connectivity index (χ2v) is 12.1. The molecule has 0 saturated carbocycles. The molecular formula is C25H46MoN5O2-3. The van der Waals surface area contributed by atoms with Crippen LogP contribution in [0, 0.1) is 16.0 Å². The maximum atomic E-state index is 10.6. The Labute approximate surface area is 211 Å². The first kappa shape index (κ1) is 34.0. The van der Waals surface area contributed by atoms with Crippen molar-refractivity contribution in [3.05, 3.63) is 56.5 Å². The van der Waals surface area contributed by atoms with E-state index in [9.17, 15) is 10.1 Å². The molecule has 1 rings (SSSR count). The summed E-state index contributed by atoms with van der Waals surface area (Å²) in [6.45, 7) is 27.0. The molecule has 0 amide bonds. The second kappa shape index (κ2) is 16.5. The minimum absolute atomic E-state index is 0.0894. The van der Waals surface area contributed by atoms with Crippen LogP contribution in [0.3, 0.4) is 0 Å². The van der Waals surface area contributed by atoms with E-state index in [1.54, 1.807) is 12.1 Å². The summed E-state index contributed by atoms with van der Waals surface area (Å²) in [6.07, 6.45) is -0.245. The van der Waals surface area contributed by atoms with Crippen molar-refractivity contribution >= 4 is 5.69 Å². The van der Waals surface area contributed by atoms with Crippen LogP contribution in [0.25, 0.3) is 10.6 Å². The van der Waals surface area contributed by atoms with Crippen molar-refractivity contribution in [1.29, 1.82) is 0 Å². The predicted molar refractivity (Wildman–Crippen MR) is 137 cm³/mol. The molecule has 0 aliphatic rings. The summed E-state index contributed by atoms with van der Waals surface area (Å²) >= 11 is -0.473. The van der Waals surface area contributed by atoms with Crippen LogP contribution in [-0.4, -0.2) is 28.1 Å². The van der Waals surface area contributed by atoms with Gasteiger partial charge in [-0.05, 0) is 0 Å². The van der Waals surface area contributed by atoms with E-state index >= 15 is 0 Å². The molecule has 0 aliphatic heterocycles. The van der Waals surface area contributed by atoms with Gasteiger partial charge in [0, 0.05) is 12.1 Å². The molecule has 0 atom stereocenters. The van der Waals surface area contributed by atoms with Gasteiger partial charge in [-0.15, -0.1) is 12.1 Å². The summed E-state index contributed by atoms with van der Waals surface area (Å²) < 4.78 is 9.01. The molecule has 192 valence electrons. The number of nitro benzene ring substituents is 1. The van der Waals surface area contributed by atoms with Crippen LogP contribution < -0.4 is 0 Å². The number of rotatable bonds is 6. The average Bonchev–Trinajstić information content (AvgIpc) is 2.58. The van der Waals surface area contributed by atoms with Crippen molar-refractivity contribution in [2.45, 2.75) is 119 Å². The van der Waals surface area contributed by atoms with Crippen LogP contribution in [-0.2, 0) is 18.2 Å². The Balaban J connectivity index is 0. The van der Waals surface area contributed by atoms with Gasteiger partial charge in [-0.2, -0.15) is 20.8 Å². The van der Waals surface area contributed by atoms with Crippen molar-refractivity contribution in [1.82, 2.24) is 0 Å². The van der Waals surface area contributed by atoms with Crippen LogP contribution in [0.5, 0.6) is 0 Å². The van der Waals surface area contributed by atoms with E-state index in [0.29, 0.717) is 0 Å². The molecule has 0 heterocycles. The van der Waals surface area contributed by atoms with E-state index < -0.39 is 23.1 Å². The first-order valence-corrected chi connectivity index (χ1v) is 13.1. The molecule has 0 aromatic heterocycles. The fourth-order valence-corrected chi connectivity index (χ4v) is 3.11. The number of non-ortho nitro benzene ring substituents is 1. The fourth-order valence-electron chi connectivity index (χ4n) is 1.81. The van der Waals surface area contributed by atoms with Crippen molar-refractivity contribution < 1.29 is 23.1 Å². The number of hydrogen-bond acceptors (Lipinski definition) is 4. The molecule has 33 heavy (non-hydrogen) atoms. The molecule has 1 aromatic carbocycles. The van der Waals surface area contributed by atoms with Gasteiger partial charge in [-0.1, -0.05) is 45.4 Å². The molecule has 0 unspecified atom stereocenters. The Bertz CT molecular complexity index is 696. The molecule has 0 fully saturated rings. The zero-order chi connectivity index (χ0) is 26.4. The zero-order valence-corrected chi connectivity index (χ0v) is 25.0. The number of benzene rings is 1. The van der Waals surface area contributed by atoms with Crippen LogP contribution >= 0.6 is 0 Å². The molecule has 0 aliphatic carbocycles. The number of hydrogen-bond donors (Lipinski definition) is 0. The summed E-state index contributed by atoms with van der Waals surface area (Å²) in [7, 11) is 0. The van der Waals surface area contributed by atoms with Crippen molar-refractivity contribution in [3.63, 3.8) is 0 Å². The van der Waals surface area contributed by atoms with Gasteiger partial charge >= 0.3 is 77.8 Å². The van der Waals surface area contributed by atoms with E-state index in [0.717, 1.165) is 5.56 Å². The van der Waals surface area contributed by atoms with Gasteiger partial charge in [0.1, 0.15) is 0 Å². The quantitative estimate of drug-likeness (QED) is 0.155. The maximum absolute atomic E-state index is 10.6. The Morgan fingerprint density at radius 3 is 1.42 bits per heavy atom. The molecule has 1 aromatic rings. The van der Waals surface area contributed by atoms with Crippen LogP contribution in [0.1, 0.15) is 102 Å². The predicted octanol–water partition coefficient (Wildman–Crippen LogP) is 8.81. The standard InChI is InChI=1S/C13H19N3O2.2C4H9N.C4H9.Mo/c1-9(2)14-13(15-10(3)4)11-5-7-12(8-6-11)16(17)18;2*1-4(2,3)5;1-4(2)3;/h5-10,13H,1-4H3;2*1-3H3;1-3H3;/q-2;;;-1;. The summed E-state index contributed by atoms with van der Waals surface area (Å²) in [6, 6.07) is 6.78. The summed E-state index contributed by atoms with van der Waals surface area (Å²) in [4.78, 5) is 10.2. The molecular weight excluding hydrogens is 498 g/mol. The van der Waals surface area contributed by atoms with Gasteiger partial charge in [0.2, 0.25) is 0 Å². The molecule has 0 saturated heterocycles. The minimum atomic E-state index is -0.473. The Morgan fingerprint density at radius 1 is 0.848 bits per heavy atom. The molecule has 0 spiro atoms. The fraction of sp³-hybridized carbons (Fsp3) is 0.720.